The van der Waals surface area contributed by atoms with Gasteiger partial charge in [-0.1, -0.05) is 6.07 Å². The Morgan fingerprint density at radius 1 is 1.12 bits per heavy atom. The number of rotatable bonds is 2. The van der Waals surface area contributed by atoms with Crippen molar-refractivity contribution >= 4 is 43.2 Å². The van der Waals surface area contributed by atoms with Crippen molar-refractivity contribution in [3.8, 4) is 0 Å². The Kier molecular flexibility index (Phi) is 3.97. The van der Waals surface area contributed by atoms with Crippen LogP contribution in [-0.4, -0.2) is 5.11 Å². The van der Waals surface area contributed by atoms with Gasteiger partial charge in [-0.05, 0) is 55.6 Å². The molecule has 0 saturated heterocycles. The number of hydrogen-bond acceptors (Lipinski definition) is 2. The number of benzene rings is 1. The molecule has 0 amide bonds. The van der Waals surface area contributed by atoms with Crippen molar-refractivity contribution in [1.29, 1.82) is 0 Å². The van der Waals surface area contributed by atoms with Crippen molar-refractivity contribution in [2.24, 2.45) is 0 Å². The third-order valence-electron chi connectivity index (χ3n) is 2.19. The lowest BCUT2D eigenvalue weighted by Gasteiger charge is -2.08. The van der Waals surface area contributed by atoms with Crippen molar-refractivity contribution in [3.63, 3.8) is 0 Å². The molecule has 6 heteroatoms. The van der Waals surface area contributed by atoms with E-state index in [2.05, 4.69) is 31.9 Å². The minimum Gasteiger partial charge on any atom is -0.383 e. The lowest BCUT2D eigenvalue weighted by molar-refractivity contribution is 0.223. The molecule has 1 aromatic heterocycles. The van der Waals surface area contributed by atoms with Crippen LogP contribution in [0.4, 0.5) is 8.78 Å². The fourth-order valence-electron chi connectivity index (χ4n) is 1.34. The Hall–Kier alpha value is -0.300. The maximum absolute atomic E-state index is 13.0. The molecule has 1 unspecified atom stereocenters. The molecule has 0 radical (unpaired) electrons. The second-order valence-electron chi connectivity index (χ2n) is 3.35. The predicted molar refractivity (Wildman–Crippen MR) is 70.1 cm³/mol. The molecule has 0 aliphatic rings. The maximum atomic E-state index is 13.0. The van der Waals surface area contributed by atoms with Gasteiger partial charge in [0.1, 0.15) is 6.10 Å². The Labute approximate surface area is 117 Å². The molecule has 2 rings (SSSR count). The highest BCUT2D eigenvalue weighted by Gasteiger charge is 2.16. The Morgan fingerprint density at radius 2 is 1.82 bits per heavy atom. The van der Waals surface area contributed by atoms with Gasteiger partial charge in [-0.3, -0.25) is 0 Å². The maximum Gasteiger partial charge on any atom is 0.159 e. The van der Waals surface area contributed by atoms with Gasteiger partial charge in [0, 0.05) is 9.35 Å². The third-order valence-corrected chi connectivity index (χ3v) is 5.50. The summed E-state index contributed by atoms with van der Waals surface area (Å²) in [5.41, 5.74) is 0.324. The molecule has 17 heavy (non-hydrogen) atoms. The van der Waals surface area contributed by atoms with Crippen molar-refractivity contribution in [2.75, 3.05) is 0 Å². The summed E-state index contributed by atoms with van der Waals surface area (Å²) in [4.78, 5) is 0.648. The molecule has 1 atom stereocenters. The van der Waals surface area contributed by atoms with Crippen LogP contribution in [0.1, 0.15) is 16.5 Å². The summed E-state index contributed by atoms with van der Waals surface area (Å²) in [5.74, 6) is -1.88. The van der Waals surface area contributed by atoms with Gasteiger partial charge in [-0.15, -0.1) is 11.3 Å². The monoisotopic (exact) mass is 382 g/mol. The molecule has 1 nitrogen and oxygen atoms in total. The number of halogens is 4. The van der Waals surface area contributed by atoms with E-state index in [4.69, 9.17) is 0 Å². The highest BCUT2D eigenvalue weighted by molar-refractivity contribution is 9.13. The zero-order chi connectivity index (χ0) is 12.6. The summed E-state index contributed by atoms with van der Waals surface area (Å²) >= 11 is 7.94. The van der Waals surface area contributed by atoms with E-state index in [0.717, 1.165) is 20.4 Å². The van der Waals surface area contributed by atoms with Crippen molar-refractivity contribution in [2.45, 2.75) is 6.10 Å². The fraction of sp³-hybridized carbons (Fsp3) is 0.0909. The quantitative estimate of drug-likeness (QED) is 0.801. The van der Waals surface area contributed by atoms with E-state index < -0.39 is 17.7 Å². The Bertz CT molecular complexity index is 537. The van der Waals surface area contributed by atoms with Crippen LogP contribution in [-0.2, 0) is 0 Å². The molecular formula is C11H6Br2F2OS. The van der Waals surface area contributed by atoms with Gasteiger partial charge in [0.2, 0.25) is 0 Å². The predicted octanol–water partition coefficient (Wildman–Crippen LogP) is 4.63. The summed E-state index contributed by atoms with van der Waals surface area (Å²) < 4.78 is 27.5. The highest BCUT2D eigenvalue weighted by atomic mass is 79.9. The average Bonchev–Trinajstić information content (AvgIpc) is 2.62. The first-order valence-corrected chi connectivity index (χ1v) is 6.97. The smallest absolute Gasteiger partial charge is 0.159 e. The van der Waals surface area contributed by atoms with Crippen LogP contribution in [0.3, 0.4) is 0 Å². The fourth-order valence-corrected chi connectivity index (χ4v) is 3.45. The van der Waals surface area contributed by atoms with E-state index in [-0.39, 0.29) is 0 Å². The number of thiophene rings is 1. The second-order valence-corrected chi connectivity index (χ2v) is 6.60. The molecule has 1 aromatic carbocycles. The van der Waals surface area contributed by atoms with Gasteiger partial charge in [-0.2, -0.15) is 0 Å². The molecule has 0 spiro atoms. The van der Waals surface area contributed by atoms with Gasteiger partial charge in [0.05, 0.1) is 3.79 Å². The topological polar surface area (TPSA) is 20.2 Å². The van der Waals surface area contributed by atoms with E-state index in [9.17, 15) is 13.9 Å². The first kappa shape index (κ1) is 13.1. The molecule has 0 saturated carbocycles. The van der Waals surface area contributed by atoms with Crippen LogP contribution < -0.4 is 0 Å². The second kappa shape index (κ2) is 5.14. The Balaban J connectivity index is 2.36. The molecule has 90 valence electrons. The zero-order valence-corrected chi connectivity index (χ0v) is 12.2. The van der Waals surface area contributed by atoms with Gasteiger partial charge >= 0.3 is 0 Å². The SMILES string of the molecule is OC(c1ccc(F)c(F)c1)c1cc(Br)c(Br)s1. The van der Waals surface area contributed by atoms with Crippen LogP contribution in [0, 0.1) is 11.6 Å². The summed E-state index contributed by atoms with van der Waals surface area (Å²) in [6.45, 7) is 0. The molecule has 2 aromatic rings. The van der Waals surface area contributed by atoms with Crippen LogP contribution in [0.25, 0.3) is 0 Å². The Morgan fingerprint density at radius 3 is 2.35 bits per heavy atom. The summed E-state index contributed by atoms with van der Waals surface area (Å²) in [5, 5.41) is 10.0. The number of hydrogen-bond donors (Lipinski definition) is 1. The van der Waals surface area contributed by atoms with Crippen LogP contribution in [0.2, 0.25) is 0 Å². The molecule has 1 heterocycles. The minimum absolute atomic E-state index is 0.324. The van der Waals surface area contributed by atoms with E-state index in [1.54, 1.807) is 6.07 Å². The van der Waals surface area contributed by atoms with Crippen molar-refractivity contribution < 1.29 is 13.9 Å². The van der Waals surface area contributed by atoms with E-state index >= 15 is 0 Å². The summed E-state index contributed by atoms with van der Waals surface area (Å²) in [6.07, 6.45) is -0.960. The van der Waals surface area contributed by atoms with Crippen LogP contribution in [0.5, 0.6) is 0 Å². The van der Waals surface area contributed by atoms with Gasteiger partial charge in [0.15, 0.2) is 11.6 Å². The summed E-state index contributed by atoms with van der Waals surface area (Å²) in [7, 11) is 0. The van der Waals surface area contributed by atoms with Crippen molar-refractivity contribution in [1.82, 2.24) is 0 Å². The molecule has 0 bridgehead atoms. The van der Waals surface area contributed by atoms with Gasteiger partial charge in [-0.25, -0.2) is 8.78 Å². The molecule has 0 aliphatic heterocycles. The van der Waals surface area contributed by atoms with Crippen LogP contribution in [0.15, 0.2) is 32.5 Å². The first-order chi connectivity index (χ1) is 7.99. The summed E-state index contributed by atoms with van der Waals surface area (Å²) in [6, 6.07) is 5.11. The average molecular weight is 384 g/mol. The van der Waals surface area contributed by atoms with E-state index in [1.807, 2.05) is 0 Å². The molecule has 0 fully saturated rings. The highest BCUT2D eigenvalue weighted by Crippen LogP contribution is 2.37. The lowest BCUT2D eigenvalue weighted by atomic mass is 10.1. The first-order valence-electron chi connectivity index (χ1n) is 4.57. The van der Waals surface area contributed by atoms with Gasteiger partial charge in [0.25, 0.3) is 0 Å². The largest absolute Gasteiger partial charge is 0.383 e. The molecule has 0 aliphatic carbocycles. The standard InChI is InChI=1S/C11H6Br2F2OS/c12-6-4-9(17-11(6)13)10(16)5-1-2-7(14)8(15)3-5/h1-4,10,16H. The van der Waals surface area contributed by atoms with Crippen molar-refractivity contribution in [3.05, 3.63) is 54.6 Å². The van der Waals surface area contributed by atoms with Crippen LogP contribution >= 0.6 is 43.2 Å². The van der Waals surface area contributed by atoms with E-state index in [1.165, 1.54) is 17.4 Å². The number of aliphatic hydroxyl groups excluding tert-OH is 1. The van der Waals surface area contributed by atoms with E-state index in [0.29, 0.717) is 10.4 Å². The zero-order valence-electron chi connectivity index (χ0n) is 8.25. The van der Waals surface area contributed by atoms with Gasteiger partial charge < -0.3 is 5.11 Å². The molecule has 1 N–H and O–H groups in total. The lowest BCUT2D eigenvalue weighted by Crippen LogP contribution is -1.98. The minimum atomic E-state index is -0.962. The number of aliphatic hydroxyl groups is 1. The normalized spacial score (nSPS) is 12.8. The molecular weight excluding hydrogens is 378 g/mol. The third kappa shape index (κ3) is 2.76.